The first-order chi connectivity index (χ1) is 15.0. The summed E-state index contributed by atoms with van der Waals surface area (Å²) in [6.45, 7) is 4.87. The maximum atomic E-state index is 13.2. The van der Waals surface area contributed by atoms with Gasteiger partial charge in [0.25, 0.3) is 0 Å². The highest BCUT2D eigenvalue weighted by Gasteiger charge is 2.43. The van der Waals surface area contributed by atoms with Crippen molar-refractivity contribution in [3.05, 3.63) is 59.7 Å². The number of rotatable bonds is 5. The molecule has 0 amide bonds. The van der Waals surface area contributed by atoms with Crippen LogP contribution in [0.15, 0.2) is 58.4 Å². The Morgan fingerprint density at radius 3 is 2.58 bits per heavy atom. The normalized spacial score (nSPS) is 19.1. The molecule has 31 heavy (non-hydrogen) atoms. The molecule has 2 aliphatic heterocycles. The predicted molar refractivity (Wildman–Crippen MR) is 122 cm³/mol. The summed E-state index contributed by atoms with van der Waals surface area (Å²) < 4.78 is 33.4. The Balaban J connectivity index is 1.48. The molecule has 0 radical (unpaired) electrons. The van der Waals surface area contributed by atoms with E-state index in [2.05, 4.69) is 10.6 Å². The molecule has 0 aliphatic carbocycles. The molecule has 0 atom stereocenters. The SMILES string of the molecule is COc1ccccc1CNC1=NCCNC12CCN(S(=O)(=O)c1ccccc1C)CC2. The average Bonchev–Trinajstić information content (AvgIpc) is 2.79. The van der Waals surface area contributed by atoms with Gasteiger partial charge in [0.05, 0.1) is 24.1 Å². The Bertz CT molecular complexity index is 1060. The summed E-state index contributed by atoms with van der Waals surface area (Å²) in [5, 5.41) is 7.13. The molecular formula is C23H30N4O3S. The first kappa shape index (κ1) is 21.8. The second-order valence-electron chi connectivity index (χ2n) is 8.07. The number of amidine groups is 1. The Kier molecular flexibility index (Phi) is 6.31. The van der Waals surface area contributed by atoms with E-state index in [4.69, 9.17) is 9.73 Å². The zero-order valence-corrected chi connectivity index (χ0v) is 18.9. The van der Waals surface area contributed by atoms with E-state index in [0.29, 0.717) is 43.9 Å². The number of hydrogen-bond donors (Lipinski definition) is 2. The molecule has 4 rings (SSSR count). The van der Waals surface area contributed by atoms with Crippen molar-refractivity contribution in [2.45, 2.75) is 36.7 Å². The topological polar surface area (TPSA) is 83.0 Å². The number of aryl methyl sites for hydroxylation is 1. The minimum Gasteiger partial charge on any atom is -0.496 e. The Labute approximate surface area is 184 Å². The van der Waals surface area contributed by atoms with Crippen molar-refractivity contribution < 1.29 is 13.2 Å². The molecule has 2 N–H and O–H groups in total. The lowest BCUT2D eigenvalue weighted by Crippen LogP contribution is -2.64. The van der Waals surface area contributed by atoms with Gasteiger partial charge in [0.2, 0.25) is 10.0 Å². The van der Waals surface area contributed by atoms with E-state index in [9.17, 15) is 8.42 Å². The van der Waals surface area contributed by atoms with Crippen molar-refractivity contribution in [1.29, 1.82) is 0 Å². The third-order valence-electron chi connectivity index (χ3n) is 6.22. The maximum Gasteiger partial charge on any atom is 0.243 e. The number of nitrogens with one attached hydrogen (secondary N) is 2. The molecule has 2 aromatic rings. The van der Waals surface area contributed by atoms with E-state index < -0.39 is 10.0 Å². The molecule has 7 nitrogen and oxygen atoms in total. The number of para-hydroxylation sites is 1. The molecule has 2 heterocycles. The fourth-order valence-electron chi connectivity index (χ4n) is 4.46. The lowest BCUT2D eigenvalue weighted by Gasteiger charge is -2.44. The predicted octanol–water partition coefficient (Wildman–Crippen LogP) is 2.32. The van der Waals surface area contributed by atoms with Gasteiger partial charge in [-0.3, -0.25) is 4.99 Å². The Morgan fingerprint density at radius 1 is 1.13 bits per heavy atom. The van der Waals surface area contributed by atoms with Crippen molar-refractivity contribution in [1.82, 2.24) is 14.9 Å². The van der Waals surface area contributed by atoms with Gasteiger partial charge in [0.1, 0.15) is 11.6 Å². The van der Waals surface area contributed by atoms with Gasteiger partial charge >= 0.3 is 0 Å². The largest absolute Gasteiger partial charge is 0.496 e. The van der Waals surface area contributed by atoms with Crippen molar-refractivity contribution >= 4 is 15.9 Å². The van der Waals surface area contributed by atoms with Crippen LogP contribution in [-0.4, -0.2) is 57.4 Å². The summed E-state index contributed by atoms with van der Waals surface area (Å²) in [4.78, 5) is 5.16. The smallest absolute Gasteiger partial charge is 0.243 e. The van der Waals surface area contributed by atoms with Crippen LogP contribution < -0.4 is 15.4 Å². The van der Waals surface area contributed by atoms with Gasteiger partial charge in [-0.25, -0.2) is 8.42 Å². The van der Waals surface area contributed by atoms with E-state index in [0.717, 1.165) is 29.3 Å². The molecule has 0 unspecified atom stereocenters. The van der Waals surface area contributed by atoms with Crippen LogP contribution in [0, 0.1) is 6.92 Å². The standard InChI is InChI=1S/C23H30N4O3S/c1-18-7-3-6-10-21(18)31(28,29)27-15-11-23(12-16-27)22(24-13-14-26-23)25-17-19-8-4-5-9-20(19)30-2/h3-10,26H,11-17H2,1-2H3,(H,24,25). The highest BCUT2D eigenvalue weighted by molar-refractivity contribution is 7.89. The van der Waals surface area contributed by atoms with E-state index in [1.165, 1.54) is 0 Å². The van der Waals surface area contributed by atoms with E-state index in [-0.39, 0.29) is 5.54 Å². The van der Waals surface area contributed by atoms with Crippen molar-refractivity contribution in [2.24, 2.45) is 4.99 Å². The van der Waals surface area contributed by atoms with E-state index in [1.54, 1.807) is 23.5 Å². The number of sulfonamides is 1. The molecule has 0 aromatic heterocycles. The summed E-state index contributed by atoms with van der Waals surface area (Å²) in [5.41, 5.74) is 1.52. The molecule has 166 valence electrons. The van der Waals surface area contributed by atoms with Gasteiger partial charge in [0.15, 0.2) is 0 Å². The van der Waals surface area contributed by atoms with Crippen LogP contribution in [0.1, 0.15) is 24.0 Å². The van der Waals surface area contributed by atoms with E-state index in [1.807, 2.05) is 43.3 Å². The summed E-state index contributed by atoms with van der Waals surface area (Å²) in [6, 6.07) is 15.1. The molecule has 2 aromatic carbocycles. The second-order valence-corrected chi connectivity index (χ2v) is 9.98. The number of methoxy groups -OCH3 is 1. The highest BCUT2D eigenvalue weighted by atomic mass is 32.2. The number of ether oxygens (including phenoxy) is 1. The monoisotopic (exact) mass is 442 g/mol. The number of nitrogens with zero attached hydrogens (tertiary/aromatic N) is 2. The number of hydrogen-bond acceptors (Lipinski definition) is 6. The first-order valence-electron chi connectivity index (χ1n) is 10.7. The van der Waals surface area contributed by atoms with Crippen LogP contribution in [0.25, 0.3) is 0 Å². The molecule has 1 spiro atoms. The van der Waals surface area contributed by atoms with Crippen LogP contribution in [0.4, 0.5) is 0 Å². The van der Waals surface area contributed by atoms with Crippen LogP contribution in [0.5, 0.6) is 5.75 Å². The molecule has 8 heteroatoms. The van der Waals surface area contributed by atoms with Gasteiger partial charge < -0.3 is 15.4 Å². The van der Waals surface area contributed by atoms with E-state index >= 15 is 0 Å². The zero-order chi connectivity index (χ0) is 21.9. The number of benzene rings is 2. The summed E-state index contributed by atoms with van der Waals surface area (Å²) in [7, 11) is -1.83. The van der Waals surface area contributed by atoms with Crippen LogP contribution in [0.3, 0.4) is 0 Å². The molecule has 1 fully saturated rings. The Hall–Kier alpha value is -2.42. The van der Waals surface area contributed by atoms with Crippen molar-refractivity contribution in [3.8, 4) is 5.75 Å². The highest BCUT2D eigenvalue weighted by Crippen LogP contribution is 2.30. The second kappa shape index (κ2) is 8.98. The van der Waals surface area contributed by atoms with Gasteiger partial charge in [-0.2, -0.15) is 4.31 Å². The first-order valence-corrected chi connectivity index (χ1v) is 12.1. The lowest BCUT2D eigenvalue weighted by molar-refractivity contribution is 0.241. The van der Waals surface area contributed by atoms with Crippen LogP contribution in [0.2, 0.25) is 0 Å². The van der Waals surface area contributed by atoms with Gasteiger partial charge in [-0.1, -0.05) is 36.4 Å². The fourth-order valence-corrected chi connectivity index (χ4v) is 6.12. The Morgan fingerprint density at radius 2 is 1.84 bits per heavy atom. The summed E-state index contributed by atoms with van der Waals surface area (Å²) >= 11 is 0. The molecule has 0 bridgehead atoms. The van der Waals surface area contributed by atoms with Crippen molar-refractivity contribution in [3.63, 3.8) is 0 Å². The molecule has 2 aliphatic rings. The van der Waals surface area contributed by atoms with Crippen LogP contribution >= 0.6 is 0 Å². The quantitative estimate of drug-likeness (QED) is 0.743. The third-order valence-corrected chi connectivity index (χ3v) is 8.28. The lowest BCUT2D eigenvalue weighted by atomic mass is 9.85. The van der Waals surface area contributed by atoms with Crippen LogP contribution in [-0.2, 0) is 16.6 Å². The third kappa shape index (κ3) is 4.33. The number of aliphatic imine (C=N–C) groups is 1. The molecule has 0 saturated carbocycles. The fraction of sp³-hybridized carbons (Fsp3) is 0.435. The minimum atomic E-state index is -3.50. The number of piperidine rings is 1. The minimum absolute atomic E-state index is 0.321. The van der Waals surface area contributed by atoms with Gasteiger partial charge in [-0.05, 0) is 37.5 Å². The molecular weight excluding hydrogens is 412 g/mol. The maximum absolute atomic E-state index is 13.2. The summed E-state index contributed by atoms with van der Waals surface area (Å²) in [6.07, 6.45) is 1.35. The van der Waals surface area contributed by atoms with Gasteiger partial charge in [0, 0.05) is 31.7 Å². The van der Waals surface area contributed by atoms with Crippen molar-refractivity contribution in [2.75, 3.05) is 33.3 Å². The summed E-state index contributed by atoms with van der Waals surface area (Å²) in [5.74, 6) is 1.75. The zero-order valence-electron chi connectivity index (χ0n) is 18.1. The molecule has 1 saturated heterocycles. The average molecular weight is 443 g/mol. The van der Waals surface area contributed by atoms with Gasteiger partial charge in [-0.15, -0.1) is 0 Å².